The number of carboxylic acid groups (broad SMARTS) is 1. The highest BCUT2D eigenvalue weighted by Gasteiger charge is 2.18. The molecule has 6 heteroatoms. The molecular weight excluding hydrogens is 380 g/mol. The minimum Gasteiger partial charge on any atom is -0.481 e. The van der Waals surface area contributed by atoms with Gasteiger partial charge in [0, 0.05) is 11.4 Å². The molecule has 2 aromatic rings. The van der Waals surface area contributed by atoms with E-state index in [1.165, 1.54) is 0 Å². The standard InChI is InChI=1S/C24H26N2O4/c1-5-7-17(14-21(27)28)16-10-12-19(13-11-16)25-22(29)23(30)26-20-9-6-8-18(15-20)24(2,3)4/h6,8-13,15,17H,14H2,1-4H3,(H,25,29)(H,26,30)(H,27,28). The summed E-state index contributed by atoms with van der Waals surface area (Å²) < 4.78 is 0. The summed E-state index contributed by atoms with van der Waals surface area (Å²) in [5.41, 5.74) is 2.68. The zero-order chi connectivity index (χ0) is 22.3. The highest BCUT2D eigenvalue weighted by Crippen LogP contribution is 2.25. The van der Waals surface area contributed by atoms with Crippen LogP contribution in [-0.2, 0) is 19.8 Å². The Morgan fingerprint density at radius 2 is 1.57 bits per heavy atom. The third-order valence-electron chi connectivity index (χ3n) is 4.46. The Morgan fingerprint density at radius 3 is 2.10 bits per heavy atom. The fourth-order valence-corrected chi connectivity index (χ4v) is 2.84. The summed E-state index contributed by atoms with van der Waals surface area (Å²) in [6.45, 7) is 7.85. The first-order valence-corrected chi connectivity index (χ1v) is 9.57. The smallest absolute Gasteiger partial charge is 0.314 e. The number of carbonyl (C=O) groups is 3. The maximum absolute atomic E-state index is 12.3. The average molecular weight is 406 g/mol. The fraction of sp³-hybridized carbons (Fsp3) is 0.292. The zero-order valence-corrected chi connectivity index (χ0v) is 17.6. The van der Waals surface area contributed by atoms with Gasteiger partial charge in [0.15, 0.2) is 0 Å². The van der Waals surface area contributed by atoms with Gasteiger partial charge in [0.2, 0.25) is 0 Å². The topological polar surface area (TPSA) is 95.5 Å². The van der Waals surface area contributed by atoms with E-state index in [4.69, 9.17) is 5.11 Å². The number of carboxylic acids is 1. The van der Waals surface area contributed by atoms with Crippen molar-refractivity contribution in [2.45, 2.75) is 45.4 Å². The molecule has 30 heavy (non-hydrogen) atoms. The summed E-state index contributed by atoms with van der Waals surface area (Å²) in [5, 5.41) is 14.2. The Kier molecular flexibility index (Phi) is 7.38. The number of aliphatic carboxylic acids is 1. The zero-order valence-electron chi connectivity index (χ0n) is 17.6. The first-order valence-electron chi connectivity index (χ1n) is 9.57. The minimum absolute atomic E-state index is 0.0780. The molecule has 0 radical (unpaired) electrons. The van der Waals surface area contributed by atoms with E-state index >= 15 is 0 Å². The summed E-state index contributed by atoms with van der Waals surface area (Å²) in [4.78, 5) is 35.5. The second-order valence-electron chi connectivity index (χ2n) is 7.91. The van der Waals surface area contributed by atoms with Crippen molar-refractivity contribution in [3.63, 3.8) is 0 Å². The van der Waals surface area contributed by atoms with Gasteiger partial charge in [0.1, 0.15) is 0 Å². The Labute approximate surface area is 176 Å². The quantitative estimate of drug-likeness (QED) is 0.514. The van der Waals surface area contributed by atoms with E-state index in [0.29, 0.717) is 11.4 Å². The minimum atomic E-state index is -0.938. The molecule has 6 nitrogen and oxygen atoms in total. The number of anilines is 2. The van der Waals surface area contributed by atoms with Crippen LogP contribution in [0.3, 0.4) is 0 Å². The largest absolute Gasteiger partial charge is 0.481 e. The maximum Gasteiger partial charge on any atom is 0.314 e. The van der Waals surface area contributed by atoms with Crippen LogP contribution in [0, 0.1) is 11.8 Å². The fourth-order valence-electron chi connectivity index (χ4n) is 2.84. The van der Waals surface area contributed by atoms with Crippen molar-refractivity contribution in [1.82, 2.24) is 0 Å². The summed E-state index contributed by atoms with van der Waals surface area (Å²) in [6, 6.07) is 14.0. The monoisotopic (exact) mass is 406 g/mol. The number of rotatable bonds is 5. The van der Waals surface area contributed by atoms with E-state index in [0.717, 1.165) is 11.1 Å². The summed E-state index contributed by atoms with van der Waals surface area (Å²) >= 11 is 0. The van der Waals surface area contributed by atoms with Gasteiger partial charge in [-0.1, -0.05) is 51.0 Å². The Bertz CT molecular complexity index is 992. The number of benzene rings is 2. The van der Waals surface area contributed by atoms with E-state index in [-0.39, 0.29) is 11.8 Å². The molecule has 2 rings (SSSR count). The van der Waals surface area contributed by atoms with E-state index in [1.54, 1.807) is 37.3 Å². The van der Waals surface area contributed by atoms with Crippen LogP contribution in [0.5, 0.6) is 0 Å². The average Bonchev–Trinajstić information content (AvgIpc) is 2.67. The van der Waals surface area contributed by atoms with Crippen molar-refractivity contribution in [1.29, 1.82) is 0 Å². The van der Waals surface area contributed by atoms with E-state index in [1.807, 2.05) is 18.2 Å². The van der Waals surface area contributed by atoms with Gasteiger partial charge < -0.3 is 15.7 Å². The maximum atomic E-state index is 12.3. The third-order valence-corrected chi connectivity index (χ3v) is 4.46. The van der Waals surface area contributed by atoms with Crippen LogP contribution in [0.2, 0.25) is 0 Å². The third kappa shape index (κ3) is 6.49. The molecule has 2 amide bonds. The summed E-state index contributed by atoms with van der Waals surface area (Å²) in [6.07, 6.45) is -0.109. The lowest BCUT2D eigenvalue weighted by molar-refractivity contribution is -0.137. The van der Waals surface area contributed by atoms with Crippen LogP contribution in [0.1, 0.15) is 51.2 Å². The molecule has 0 aliphatic carbocycles. The normalized spacial score (nSPS) is 11.6. The van der Waals surface area contributed by atoms with E-state index < -0.39 is 23.7 Å². The van der Waals surface area contributed by atoms with Gasteiger partial charge in [-0.25, -0.2) is 0 Å². The SMILES string of the molecule is CC#CC(CC(=O)O)c1ccc(NC(=O)C(=O)Nc2cccc(C(C)(C)C)c2)cc1. The van der Waals surface area contributed by atoms with Gasteiger partial charge in [-0.05, 0) is 47.7 Å². The lowest BCUT2D eigenvalue weighted by atomic mass is 9.87. The number of hydrogen-bond acceptors (Lipinski definition) is 3. The molecule has 1 unspecified atom stereocenters. The molecule has 0 fully saturated rings. The number of amides is 2. The Hall–Kier alpha value is -3.59. The molecule has 0 spiro atoms. The lowest BCUT2D eigenvalue weighted by Gasteiger charge is -2.19. The molecule has 0 bridgehead atoms. The molecule has 0 aliphatic rings. The van der Waals surface area contributed by atoms with Crippen molar-refractivity contribution in [2.75, 3.05) is 10.6 Å². The first-order chi connectivity index (χ1) is 14.1. The van der Waals surface area contributed by atoms with Crippen LogP contribution in [-0.4, -0.2) is 22.9 Å². The molecular formula is C24H26N2O4. The molecule has 0 heterocycles. The highest BCUT2D eigenvalue weighted by molar-refractivity contribution is 6.43. The number of nitrogens with one attached hydrogen (secondary N) is 2. The summed E-state index contributed by atoms with van der Waals surface area (Å²) in [7, 11) is 0. The van der Waals surface area contributed by atoms with Crippen LogP contribution in [0.4, 0.5) is 11.4 Å². The van der Waals surface area contributed by atoms with Gasteiger partial charge in [0.05, 0.1) is 12.3 Å². The van der Waals surface area contributed by atoms with Crippen molar-refractivity contribution in [2.24, 2.45) is 0 Å². The molecule has 0 aliphatic heterocycles. The predicted molar refractivity (Wildman–Crippen MR) is 117 cm³/mol. The molecule has 1 atom stereocenters. The second kappa shape index (κ2) is 9.75. The van der Waals surface area contributed by atoms with Crippen LogP contribution in [0.25, 0.3) is 0 Å². The van der Waals surface area contributed by atoms with Gasteiger partial charge in [-0.3, -0.25) is 14.4 Å². The molecule has 0 saturated heterocycles. The predicted octanol–water partition coefficient (Wildman–Crippen LogP) is 4.14. The van der Waals surface area contributed by atoms with Gasteiger partial charge in [-0.2, -0.15) is 0 Å². The van der Waals surface area contributed by atoms with Crippen LogP contribution < -0.4 is 10.6 Å². The van der Waals surface area contributed by atoms with E-state index in [2.05, 4.69) is 43.2 Å². The van der Waals surface area contributed by atoms with Crippen molar-refractivity contribution in [3.05, 3.63) is 59.7 Å². The molecule has 3 N–H and O–H groups in total. The molecule has 0 aromatic heterocycles. The second-order valence-corrected chi connectivity index (χ2v) is 7.91. The van der Waals surface area contributed by atoms with Crippen LogP contribution >= 0.6 is 0 Å². The summed E-state index contributed by atoms with van der Waals surface area (Å²) in [5.74, 6) is 2.67. The lowest BCUT2D eigenvalue weighted by Crippen LogP contribution is -2.29. The number of carbonyl (C=O) groups excluding carboxylic acids is 2. The van der Waals surface area contributed by atoms with Gasteiger partial charge >= 0.3 is 17.8 Å². The van der Waals surface area contributed by atoms with Crippen LogP contribution in [0.15, 0.2) is 48.5 Å². The highest BCUT2D eigenvalue weighted by atomic mass is 16.4. The van der Waals surface area contributed by atoms with Gasteiger partial charge in [0.25, 0.3) is 0 Å². The van der Waals surface area contributed by atoms with E-state index in [9.17, 15) is 14.4 Å². The van der Waals surface area contributed by atoms with Gasteiger partial charge in [-0.15, -0.1) is 5.92 Å². The van der Waals surface area contributed by atoms with Crippen molar-refractivity contribution >= 4 is 29.2 Å². The first kappa shape index (κ1) is 22.7. The number of hydrogen-bond donors (Lipinski definition) is 3. The molecule has 156 valence electrons. The van der Waals surface area contributed by atoms with Crippen molar-refractivity contribution < 1.29 is 19.5 Å². The Balaban J connectivity index is 2.04. The molecule has 0 saturated carbocycles. The van der Waals surface area contributed by atoms with Crippen molar-refractivity contribution in [3.8, 4) is 11.8 Å². The molecule has 2 aromatic carbocycles. The Morgan fingerprint density at radius 1 is 0.967 bits per heavy atom.